The lowest BCUT2D eigenvalue weighted by atomic mass is 10.0. The Kier molecular flexibility index (Phi) is 18.6. The predicted molar refractivity (Wildman–Crippen MR) is 238 cm³/mol. The Bertz CT molecular complexity index is 2590. The normalized spacial score (nSPS) is 10.4. The van der Waals surface area contributed by atoms with Crippen molar-refractivity contribution in [2.45, 2.75) is 19.8 Å². The first-order valence-corrected chi connectivity index (χ1v) is 19.8. The zero-order valence-corrected chi connectivity index (χ0v) is 40.1. The van der Waals surface area contributed by atoms with Crippen LogP contribution < -0.4 is 71.5 Å². The van der Waals surface area contributed by atoms with Crippen LogP contribution in [0.1, 0.15) is 29.8 Å². The number of halogens is 4. The lowest BCUT2D eigenvalue weighted by Crippen LogP contribution is -3.00. The van der Waals surface area contributed by atoms with Crippen molar-refractivity contribution in [1.29, 1.82) is 5.26 Å². The summed E-state index contributed by atoms with van der Waals surface area (Å²) in [6.45, 7) is 2.92. The van der Waals surface area contributed by atoms with Crippen molar-refractivity contribution >= 4 is 17.8 Å². The van der Waals surface area contributed by atoms with Crippen molar-refractivity contribution in [2.24, 2.45) is 14.1 Å². The number of aromatic nitrogens is 2. The second-order valence-electron chi connectivity index (χ2n) is 14.5. The van der Waals surface area contributed by atoms with E-state index in [1.54, 1.807) is 14.2 Å². The van der Waals surface area contributed by atoms with Crippen molar-refractivity contribution < 1.29 is 75.3 Å². The fraction of sp³-hybridized carbons (Fsp3) is 0.173. The number of benzene rings is 5. The summed E-state index contributed by atoms with van der Waals surface area (Å²) >= 11 is 0. The highest BCUT2D eigenvalue weighted by molar-refractivity contribution is 5.75. The van der Waals surface area contributed by atoms with Gasteiger partial charge < -0.3 is 62.3 Å². The van der Waals surface area contributed by atoms with Gasteiger partial charge in [-0.3, -0.25) is 0 Å². The Balaban J connectivity index is 0.000000291. The van der Waals surface area contributed by atoms with Crippen LogP contribution in [0.25, 0.3) is 56.9 Å². The Labute approximate surface area is 398 Å². The van der Waals surface area contributed by atoms with E-state index in [1.807, 2.05) is 93.9 Å². The standard InChI is InChI=1S/C32H31FN3O.C20H19FNO.2HI/c1-35(21-5-4-20-34)29-15-6-24(7-16-29)8-17-30-22-27(25-11-18-31(37-3)19-12-25)23-32(36(30)2)26-9-13-28(33)14-10-26;1-14-12-17(15-6-10-19(23-3)11-7-15)13-20(22(14)2)16-4-8-18(21)9-5-16;;/h6-19,22-23H,4-5,21H2,1-3H3;4-13H,1-3H3;2*1H/q2*+1;;/p-2. The minimum absolute atomic E-state index is 0. The molecule has 0 N–H and O–H groups in total. The highest BCUT2D eigenvalue weighted by Crippen LogP contribution is 2.29. The largest absolute Gasteiger partial charge is 1.00 e. The molecule has 7 aromatic rings. The molecule has 0 aliphatic heterocycles. The number of ether oxygens (including phenoxy) is 2. The molecule has 0 amide bonds. The van der Waals surface area contributed by atoms with Gasteiger partial charge in [0.1, 0.15) is 37.2 Å². The SMILES string of the molecule is COc1ccc(-c2cc(/C=C/c3ccc(N(C)CCCC#N)cc3)[n+](C)c(-c3ccc(F)cc3)c2)cc1.COc1ccc(-c2cc(C)[n+](C)c(-c3ccc(F)cc3)c2)cc1.[I-].[I-]. The minimum Gasteiger partial charge on any atom is -1.00 e. The molecule has 2 heterocycles. The van der Waals surface area contributed by atoms with Crippen LogP contribution >= 0.6 is 0 Å². The van der Waals surface area contributed by atoms with Crippen LogP contribution in [0.4, 0.5) is 14.5 Å². The fourth-order valence-corrected chi connectivity index (χ4v) is 6.88. The number of hydrogen-bond donors (Lipinski definition) is 0. The second-order valence-corrected chi connectivity index (χ2v) is 14.5. The van der Waals surface area contributed by atoms with Gasteiger partial charge in [-0.25, -0.2) is 8.78 Å². The number of hydrogen-bond acceptors (Lipinski definition) is 4. The molecule has 0 aliphatic rings. The number of anilines is 1. The number of nitrogens with zero attached hydrogens (tertiary/aromatic N) is 4. The number of rotatable bonds is 12. The predicted octanol–water partition coefficient (Wildman–Crippen LogP) is 5.21. The molecule has 5 aromatic carbocycles. The number of aryl methyl sites for hydroxylation is 1. The summed E-state index contributed by atoms with van der Waals surface area (Å²) in [4.78, 5) is 2.16. The van der Waals surface area contributed by atoms with E-state index < -0.39 is 0 Å². The Morgan fingerprint density at radius 2 is 1.03 bits per heavy atom. The molecule has 0 atom stereocenters. The van der Waals surface area contributed by atoms with E-state index in [4.69, 9.17) is 14.7 Å². The Hall–Kier alpha value is -5.65. The smallest absolute Gasteiger partial charge is 0.213 e. The maximum atomic E-state index is 13.6. The molecule has 7 rings (SSSR count). The van der Waals surface area contributed by atoms with Gasteiger partial charge >= 0.3 is 0 Å². The highest BCUT2D eigenvalue weighted by atomic mass is 127. The summed E-state index contributed by atoms with van der Waals surface area (Å²) in [5.41, 5.74) is 12.7. The maximum Gasteiger partial charge on any atom is 0.213 e. The summed E-state index contributed by atoms with van der Waals surface area (Å²) < 4.78 is 41.6. The van der Waals surface area contributed by atoms with Gasteiger partial charge in [0, 0.05) is 74.1 Å². The molecule has 0 radical (unpaired) electrons. The van der Waals surface area contributed by atoms with E-state index in [-0.39, 0.29) is 59.6 Å². The molecule has 62 heavy (non-hydrogen) atoms. The quantitative estimate of drug-likeness (QED) is 0.0960. The average molecular weight is 1050 g/mol. The van der Waals surface area contributed by atoms with Gasteiger partial charge in [0.15, 0.2) is 5.69 Å². The number of unbranched alkanes of at least 4 members (excludes halogenated alkanes) is 1. The fourth-order valence-electron chi connectivity index (χ4n) is 6.88. The summed E-state index contributed by atoms with van der Waals surface area (Å²) in [7, 11) is 9.41. The lowest BCUT2D eigenvalue weighted by molar-refractivity contribution is -0.666. The van der Waals surface area contributed by atoms with Gasteiger partial charge in [-0.05, 0) is 125 Å². The van der Waals surface area contributed by atoms with Gasteiger partial charge in [-0.1, -0.05) is 36.4 Å². The summed E-state index contributed by atoms with van der Waals surface area (Å²) in [6.07, 6.45) is 5.62. The second kappa shape index (κ2) is 23.5. The van der Waals surface area contributed by atoms with E-state index >= 15 is 0 Å². The van der Waals surface area contributed by atoms with Gasteiger partial charge in [-0.15, -0.1) is 0 Å². The number of pyridine rings is 2. The zero-order valence-electron chi connectivity index (χ0n) is 35.7. The van der Waals surface area contributed by atoms with E-state index in [0.29, 0.717) is 6.42 Å². The molecule has 0 spiro atoms. The zero-order chi connectivity index (χ0) is 42.6. The van der Waals surface area contributed by atoms with Crippen LogP contribution in [-0.2, 0) is 14.1 Å². The van der Waals surface area contributed by atoms with E-state index in [2.05, 4.69) is 87.7 Å². The summed E-state index contributed by atoms with van der Waals surface area (Å²) in [5, 5.41) is 8.76. The first kappa shape index (κ1) is 49.0. The summed E-state index contributed by atoms with van der Waals surface area (Å²) in [5.74, 6) is 1.17. The third-order valence-corrected chi connectivity index (χ3v) is 10.6. The molecule has 318 valence electrons. The van der Waals surface area contributed by atoms with Gasteiger partial charge in [0.2, 0.25) is 17.1 Å². The molecule has 2 aromatic heterocycles. The molecule has 0 saturated carbocycles. The van der Waals surface area contributed by atoms with Crippen molar-refractivity contribution in [3.8, 4) is 62.3 Å². The Morgan fingerprint density at radius 3 is 1.50 bits per heavy atom. The topological polar surface area (TPSA) is 53.3 Å². The van der Waals surface area contributed by atoms with Crippen LogP contribution in [0.15, 0.2) is 146 Å². The van der Waals surface area contributed by atoms with E-state index in [9.17, 15) is 8.78 Å². The van der Waals surface area contributed by atoms with Crippen molar-refractivity contribution in [1.82, 2.24) is 0 Å². The van der Waals surface area contributed by atoms with Crippen LogP contribution in [-0.4, -0.2) is 27.8 Å². The molecular formula is C52H50F2I2N4O2. The highest BCUT2D eigenvalue weighted by Gasteiger charge is 2.18. The molecule has 0 saturated heterocycles. The first-order valence-electron chi connectivity index (χ1n) is 19.8. The van der Waals surface area contributed by atoms with Crippen LogP contribution in [0.5, 0.6) is 11.5 Å². The van der Waals surface area contributed by atoms with Crippen molar-refractivity contribution in [2.75, 3.05) is 32.7 Å². The monoisotopic (exact) mass is 1050 g/mol. The number of nitriles is 1. The average Bonchev–Trinajstić information content (AvgIpc) is 3.28. The maximum absolute atomic E-state index is 13.6. The molecule has 6 nitrogen and oxygen atoms in total. The van der Waals surface area contributed by atoms with Gasteiger partial charge in [0.25, 0.3) is 0 Å². The van der Waals surface area contributed by atoms with Crippen LogP contribution in [0.3, 0.4) is 0 Å². The van der Waals surface area contributed by atoms with Crippen LogP contribution in [0, 0.1) is 29.9 Å². The molecule has 0 aliphatic carbocycles. The molecule has 0 bridgehead atoms. The third-order valence-electron chi connectivity index (χ3n) is 10.6. The molecule has 10 heteroatoms. The van der Waals surface area contributed by atoms with E-state index in [0.717, 1.165) is 91.9 Å². The van der Waals surface area contributed by atoms with Crippen molar-refractivity contribution in [3.05, 3.63) is 174 Å². The lowest BCUT2D eigenvalue weighted by Gasteiger charge is -2.18. The first-order chi connectivity index (χ1) is 29.1. The van der Waals surface area contributed by atoms with E-state index in [1.165, 1.54) is 24.3 Å². The van der Waals surface area contributed by atoms with Crippen molar-refractivity contribution in [3.63, 3.8) is 0 Å². The molecule has 0 unspecified atom stereocenters. The number of methoxy groups -OCH3 is 2. The minimum atomic E-state index is -0.253. The third kappa shape index (κ3) is 12.7. The van der Waals surface area contributed by atoms with Gasteiger partial charge in [0.05, 0.1) is 20.3 Å². The van der Waals surface area contributed by atoms with Gasteiger partial charge in [-0.2, -0.15) is 14.4 Å². The van der Waals surface area contributed by atoms with Crippen LogP contribution in [0.2, 0.25) is 0 Å². The molecular weight excluding hydrogens is 1000 g/mol. The summed E-state index contributed by atoms with van der Waals surface area (Å²) in [6, 6.07) is 48.3. The molecule has 0 fully saturated rings. The Morgan fingerprint density at radius 1 is 0.581 bits per heavy atom.